The zero-order valence-electron chi connectivity index (χ0n) is 19.5. The van der Waals surface area contributed by atoms with Crippen molar-refractivity contribution < 1.29 is 4.42 Å². The number of para-hydroxylation sites is 2. The number of hydrogen-bond donors (Lipinski definition) is 0. The molecule has 0 atom stereocenters. The molecule has 8 aromatic rings. The molecule has 0 radical (unpaired) electrons. The molecule has 8 rings (SSSR count). The molecule has 0 amide bonds. The van der Waals surface area contributed by atoms with E-state index in [2.05, 4.69) is 132 Å². The van der Waals surface area contributed by atoms with E-state index in [0.717, 1.165) is 16.6 Å². The maximum atomic E-state index is 6.23. The third-order valence-electron chi connectivity index (χ3n) is 7.38. The first kappa shape index (κ1) is 19.5. The molecule has 0 aliphatic heterocycles. The highest BCUT2D eigenvalue weighted by Crippen LogP contribution is 2.38. The van der Waals surface area contributed by atoms with Gasteiger partial charge in [0.2, 0.25) is 0 Å². The number of benzene rings is 6. The molecule has 0 unspecified atom stereocenters. The Morgan fingerprint density at radius 1 is 0.444 bits per heavy atom. The van der Waals surface area contributed by atoms with E-state index in [9.17, 15) is 0 Å². The lowest BCUT2D eigenvalue weighted by Crippen LogP contribution is -1.92. The normalized spacial score (nSPS) is 11.9. The summed E-state index contributed by atoms with van der Waals surface area (Å²) in [5, 5.41) is 7.33. The second-order valence-corrected chi connectivity index (χ2v) is 9.39. The van der Waals surface area contributed by atoms with Gasteiger partial charge in [-0.3, -0.25) is 0 Å². The number of aromatic nitrogens is 1. The van der Waals surface area contributed by atoms with Crippen LogP contribution in [-0.4, -0.2) is 4.57 Å². The molecule has 36 heavy (non-hydrogen) atoms. The molecule has 2 nitrogen and oxygen atoms in total. The number of fused-ring (bicyclic) bond motifs is 8. The maximum Gasteiger partial charge on any atom is 0.136 e. The standard InChI is InChI=1S/C34H21NO/c1-2-9-25(10-3-1)35-30-13-7-6-12-27(30)28-20-23(14-17-31(28)35)24-16-18-32-29(21-24)34-26-11-5-4-8-22(26)15-19-33(34)36-32/h1-21H. The summed E-state index contributed by atoms with van der Waals surface area (Å²) in [7, 11) is 0. The molecule has 0 bridgehead atoms. The van der Waals surface area contributed by atoms with Crippen LogP contribution in [0.3, 0.4) is 0 Å². The van der Waals surface area contributed by atoms with Gasteiger partial charge in [-0.05, 0) is 70.4 Å². The number of hydrogen-bond acceptors (Lipinski definition) is 1. The van der Waals surface area contributed by atoms with Gasteiger partial charge in [-0.15, -0.1) is 0 Å². The minimum Gasteiger partial charge on any atom is -0.456 e. The second kappa shape index (κ2) is 7.34. The van der Waals surface area contributed by atoms with E-state index in [4.69, 9.17) is 4.42 Å². The van der Waals surface area contributed by atoms with E-state index in [0.29, 0.717) is 0 Å². The average molecular weight is 460 g/mol. The van der Waals surface area contributed by atoms with Gasteiger partial charge in [-0.25, -0.2) is 0 Å². The Balaban J connectivity index is 1.39. The van der Waals surface area contributed by atoms with E-state index < -0.39 is 0 Å². The number of furan rings is 1. The summed E-state index contributed by atoms with van der Waals surface area (Å²) in [6.45, 7) is 0. The summed E-state index contributed by atoms with van der Waals surface area (Å²) in [4.78, 5) is 0. The van der Waals surface area contributed by atoms with Crippen molar-refractivity contribution in [2.75, 3.05) is 0 Å². The Morgan fingerprint density at radius 2 is 1.11 bits per heavy atom. The molecule has 2 aromatic heterocycles. The first-order valence-corrected chi connectivity index (χ1v) is 12.3. The lowest BCUT2D eigenvalue weighted by molar-refractivity contribution is 0.669. The summed E-state index contributed by atoms with van der Waals surface area (Å²) < 4.78 is 8.58. The predicted molar refractivity (Wildman–Crippen MR) is 151 cm³/mol. The Bertz CT molecular complexity index is 2090. The monoisotopic (exact) mass is 459 g/mol. The summed E-state index contributed by atoms with van der Waals surface area (Å²) in [6, 6.07) is 45.4. The van der Waals surface area contributed by atoms with Crippen LogP contribution in [0.1, 0.15) is 0 Å². The van der Waals surface area contributed by atoms with Crippen molar-refractivity contribution in [1.29, 1.82) is 0 Å². The van der Waals surface area contributed by atoms with Crippen LogP contribution in [-0.2, 0) is 0 Å². The van der Waals surface area contributed by atoms with Crippen LogP contribution in [0.25, 0.3) is 71.3 Å². The van der Waals surface area contributed by atoms with Crippen LogP contribution in [0.5, 0.6) is 0 Å². The lowest BCUT2D eigenvalue weighted by Gasteiger charge is -2.08. The van der Waals surface area contributed by atoms with E-state index in [1.54, 1.807) is 0 Å². The fourth-order valence-corrected chi connectivity index (χ4v) is 5.73. The highest BCUT2D eigenvalue weighted by molar-refractivity contribution is 6.19. The topological polar surface area (TPSA) is 18.1 Å². The summed E-state index contributed by atoms with van der Waals surface area (Å²) in [6.07, 6.45) is 0. The Hall–Kier alpha value is -4.82. The van der Waals surface area contributed by atoms with Crippen molar-refractivity contribution in [1.82, 2.24) is 4.57 Å². The van der Waals surface area contributed by atoms with Crippen LogP contribution in [0.2, 0.25) is 0 Å². The third kappa shape index (κ3) is 2.73. The quantitative estimate of drug-likeness (QED) is 0.252. The molecule has 6 aromatic carbocycles. The first-order chi connectivity index (χ1) is 17.8. The van der Waals surface area contributed by atoms with E-state index in [1.165, 1.54) is 54.8 Å². The highest BCUT2D eigenvalue weighted by atomic mass is 16.3. The third-order valence-corrected chi connectivity index (χ3v) is 7.38. The summed E-state index contributed by atoms with van der Waals surface area (Å²) in [5.41, 5.74) is 7.86. The Labute approximate surface area is 207 Å². The lowest BCUT2D eigenvalue weighted by atomic mass is 9.99. The number of nitrogens with zero attached hydrogens (tertiary/aromatic N) is 1. The first-order valence-electron chi connectivity index (χ1n) is 12.3. The van der Waals surface area contributed by atoms with Crippen LogP contribution < -0.4 is 0 Å². The fourth-order valence-electron chi connectivity index (χ4n) is 5.73. The zero-order valence-corrected chi connectivity index (χ0v) is 19.5. The molecule has 0 N–H and O–H groups in total. The molecular weight excluding hydrogens is 438 g/mol. The number of rotatable bonds is 2. The van der Waals surface area contributed by atoms with Crippen molar-refractivity contribution in [3.8, 4) is 16.8 Å². The molecule has 0 aliphatic carbocycles. The summed E-state index contributed by atoms with van der Waals surface area (Å²) >= 11 is 0. The van der Waals surface area contributed by atoms with Gasteiger partial charge in [-0.2, -0.15) is 0 Å². The van der Waals surface area contributed by atoms with Crippen molar-refractivity contribution >= 4 is 54.5 Å². The zero-order chi connectivity index (χ0) is 23.6. The van der Waals surface area contributed by atoms with E-state index in [-0.39, 0.29) is 0 Å². The van der Waals surface area contributed by atoms with Crippen LogP contribution in [0.4, 0.5) is 0 Å². The van der Waals surface area contributed by atoms with Crippen molar-refractivity contribution in [3.05, 3.63) is 127 Å². The molecule has 0 spiro atoms. The molecule has 0 aliphatic rings. The van der Waals surface area contributed by atoms with E-state index >= 15 is 0 Å². The molecule has 2 heterocycles. The van der Waals surface area contributed by atoms with Crippen LogP contribution in [0, 0.1) is 0 Å². The van der Waals surface area contributed by atoms with E-state index in [1.807, 2.05) is 0 Å². The van der Waals surface area contributed by atoms with Crippen molar-refractivity contribution in [2.24, 2.45) is 0 Å². The van der Waals surface area contributed by atoms with Gasteiger partial charge in [-0.1, -0.05) is 78.9 Å². The fraction of sp³-hybridized carbons (Fsp3) is 0. The maximum absolute atomic E-state index is 6.23. The second-order valence-electron chi connectivity index (χ2n) is 9.39. The Kier molecular flexibility index (Phi) is 3.97. The SMILES string of the molecule is c1ccc(-n2c3ccccc3c3cc(-c4ccc5oc6ccc7ccccc7c6c5c4)ccc32)cc1. The van der Waals surface area contributed by atoms with Crippen LogP contribution in [0.15, 0.2) is 132 Å². The van der Waals surface area contributed by atoms with Gasteiger partial charge in [0.25, 0.3) is 0 Å². The van der Waals surface area contributed by atoms with Crippen molar-refractivity contribution in [2.45, 2.75) is 0 Å². The predicted octanol–water partition coefficient (Wildman–Crippen LogP) is 9.50. The van der Waals surface area contributed by atoms with Gasteiger partial charge < -0.3 is 8.98 Å². The van der Waals surface area contributed by atoms with Gasteiger partial charge in [0.15, 0.2) is 0 Å². The largest absolute Gasteiger partial charge is 0.456 e. The minimum atomic E-state index is 0.923. The molecule has 168 valence electrons. The molecule has 0 saturated heterocycles. The van der Waals surface area contributed by atoms with Gasteiger partial charge in [0, 0.05) is 27.2 Å². The van der Waals surface area contributed by atoms with Gasteiger partial charge in [0.1, 0.15) is 11.2 Å². The van der Waals surface area contributed by atoms with Crippen LogP contribution >= 0.6 is 0 Å². The summed E-state index contributed by atoms with van der Waals surface area (Å²) in [5.74, 6) is 0. The highest BCUT2D eigenvalue weighted by Gasteiger charge is 2.15. The minimum absolute atomic E-state index is 0.923. The molecule has 0 fully saturated rings. The molecule has 0 saturated carbocycles. The van der Waals surface area contributed by atoms with Gasteiger partial charge >= 0.3 is 0 Å². The smallest absolute Gasteiger partial charge is 0.136 e. The molecule has 2 heteroatoms. The average Bonchev–Trinajstić information content (AvgIpc) is 3.48. The van der Waals surface area contributed by atoms with Crippen molar-refractivity contribution in [3.63, 3.8) is 0 Å². The Morgan fingerprint density at radius 3 is 2.00 bits per heavy atom. The molecular formula is C34H21NO. The van der Waals surface area contributed by atoms with Gasteiger partial charge in [0.05, 0.1) is 11.0 Å².